The molecule has 2 unspecified atom stereocenters. The van der Waals surface area contributed by atoms with Crippen LogP contribution in [0.25, 0.3) is 0 Å². The fourth-order valence-electron chi connectivity index (χ4n) is 2.46. The summed E-state index contributed by atoms with van der Waals surface area (Å²) in [7, 11) is 0. The summed E-state index contributed by atoms with van der Waals surface area (Å²) in [5.41, 5.74) is 0. The van der Waals surface area contributed by atoms with Gasteiger partial charge in [-0.1, -0.05) is 20.8 Å². The zero-order valence-electron chi connectivity index (χ0n) is 11.7. The van der Waals surface area contributed by atoms with E-state index in [2.05, 4.69) is 31.0 Å². The normalized spacial score (nSPS) is 25.0. The van der Waals surface area contributed by atoms with Gasteiger partial charge in [0.25, 0.3) is 0 Å². The third-order valence-electron chi connectivity index (χ3n) is 3.63. The average molecular weight is 241 g/mol. The predicted octanol–water partition coefficient (Wildman–Crippen LogP) is 1.27. The smallest absolute Gasteiger partial charge is 0.240 e. The average Bonchev–Trinajstić information content (AvgIpc) is 2.62. The molecule has 0 spiro atoms. The summed E-state index contributed by atoms with van der Waals surface area (Å²) in [5.74, 6) is 0.261. The van der Waals surface area contributed by atoms with Gasteiger partial charge in [-0.2, -0.15) is 0 Å². The highest BCUT2D eigenvalue weighted by atomic mass is 16.2. The van der Waals surface area contributed by atoms with E-state index in [0.717, 1.165) is 39.0 Å². The van der Waals surface area contributed by atoms with E-state index in [9.17, 15) is 4.79 Å². The van der Waals surface area contributed by atoms with Gasteiger partial charge in [-0.25, -0.2) is 0 Å². The van der Waals surface area contributed by atoms with Gasteiger partial charge in [0.15, 0.2) is 0 Å². The summed E-state index contributed by atoms with van der Waals surface area (Å²) < 4.78 is 0. The lowest BCUT2D eigenvalue weighted by molar-refractivity contribution is -0.129. The van der Waals surface area contributed by atoms with Crippen LogP contribution in [0.15, 0.2) is 0 Å². The highest BCUT2D eigenvalue weighted by Crippen LogP contribution is 2.13. The van der Waals surface area contributed by atoms with E-state index in [-0.39, 0.29) is 18.1 Å². The van der Waals surface area contributed by atoms with Crippen molar-refractivity contribution in [3.8, 4) is 0 Å². The predicted molar refractivity (Wildman–Crippen MR) is 70.8 cm³/mol. The molecular weight excluding hydrogens is 214 g/mol. The number of amides is 1. The molecule has 100 valence electrons. The molecule has 1 fully saturated rings. The van der Waals surface area contributed by atoms with Crippen LogP contribution >= 0.6 is 0 Å². The summed E-state index contributed by atoms with van der Waals surface area (Å²) in [6.45, 7) is 12.6. The molecule has 0 aromatic heterocycles. The highest BCUT2D eigenvalue weighted by Gasteiger charge is 2.34. The Morgan fingerprint density at radius 1 is 1.29 bits per heavy atom. The molecule has 1 N–H and O–H groups in total. The number of carbonyl (C=O) groups excluding carboxylic acids is 1. The van der Waals surface area contributed by atoms with Gasteiger partial charge in [-0.3, -0.25) is 10.1 Å². The summed E-state index contributed by atoms with van der Waals surface area (Å²) >= 11 is 0. The molecule has 1 saturated heterocycles. The number of rotatable bonds is 7. The second-order valence-corrected chi connectivity index (χ2v) is 4.72. The van der Waals surface area contributed by atoms with Gasteiger partial charge in [-0.15, -0.1) is 0 Å². The van der Waals surface area contributed by atoms with E-state index in [1.54, 1.807) is 0 Å². The first-order valence-electron chi connectivity index (χ1n) is 6.92. The number of nitrogens with zero attached hydrogens (tertiary/aromatic N) is 2. The molecule has 2 atom stereocenters. The van der Waals surface area contributed by atoms with Crippen molar-refractivity contribution in [2.45, 2.75) is 52.7 Å². The number of hydrogen-bond donors (Lipinski definition) is 1. The Labute approximate surface area is 105 Å². The van der Waals surface area contributed by atoms with Crippen LogP contribution in [-0.4, -0.2) is 54.1 Å². The SMILES string of the molecule is CCC1NC(C)C(=O)N1CCCN(CC)CC. The second-order valence-electron chi connectivity index (χ2n) is 4.72. The van der Waals surface area contributed by atoms with E-state index in [4.69, 9.17) is 0 Å². The van der Waals surface area contributed by atoms with Gasteiger partial charge in [0.05, 0.1) is 12.2 Å². The fraction of sp³-hybridized carbons (Fsp3) is 0.923. The lowest BCUT2D eigenvalue weighted by Gasteiger charge is -2.25. The van der Waals surface area contributed by atoms with E-state index in [1.165, 1.54) is 0 Å². The van der Waals surface area contributed by atoms with Gasteiger partial charge in [0.2, 0.25) is 5.91 Å². The van der Waals surface area contributed by atoms with Gasteiger partial charge >= 0.3 is 0 Å². The molecule has 0 aromatic carbocycles. The standard InChI is InChI=1S/C13H27N3O/c1-5-12-14-11(4)13(17)16(12)10-8-9-15(6-2)7-3/h11-12,14H,5-10H2,1-4H3. The molecule has 0 radical (unpaired) electrons. The summed E-state index contributed by atoms with van der Waals surface area (Å²) in [5, 5.41) is 3.33. The van der Waals surface area contributed by atoms with Crippen LogP contribution in [0, 0.1) is 0 Å². The molecule has 1 aliphatic rings. The molecule has 17 heavy (non-hydrogen) atoms. The first-order chi connectivity index (χ1) is 8.13. The van der Waals surface area contributed by atoms with Crippen molar-refractivity contribution < 1.29 is 4.79 Å². The number of hydrogen-bond acceptors (Lipinski definition) is 3. The topological polar surface area (TPSA) is 35.6 Å². The van der Waals surface area contributed by atoms with Crippen LogP contribution in [0.4, 0.5) is 0 Å². The molecular formula is C13H27N3O. The maximum Gasteiger partial charge on any atom is 0.240 e. The van der Waals surface area contributed by atoms with Gasteiger partial charge in [-0.05, 0) is 39.4 Å². The van der Waals surface area contributed by atoms with Crippen LogP contribution < -0.4 is 5.32 Å². The van der Waals surface area contributed by atoms with E-state index < -0.39 is 0 Å². The first-order valence-corrected chi connectivity index (χ1v) is 6.92. The monoisotopic (exact) mass is 241 g/mol. The van der Waals surface area contributed by atoms with Crippen molar-refractivity contribution in [1.29, 1.82) is 0 Å². The highest BCUT2D eigenvalue weighted by molar-refractivity contribution is 5.83. The minimum absolute atomic E-state index is 0.00611. The van der Waals surface area contributed by atoms with E-state index in [1.807, 2.05) is 11.8 Å². The van der Waals surface area contributed by atoms with Crippen molar-refractivity contribution >= 4 is 5.91 Å². The number of carbonyl (C=O) groups is 1. The quantitative estimate of drug-likeness (QED) is 0.729. The Balaban J connectivity index is 2.37. The lowest BCUT2D eigenvalue weighted by Crippen LogP contribution is -2.38. The summed E-state index contributed by atoms with van der Waals surface area (Å²) in [4.78, 5) is 16.3. The molecule has 0 saturated carbocycles. The Morgan fingerprint density at radius 3 is 2.47 bits per heavy atom. The fourth-order valence-corrected chi connectivity index (χ4v) is 2.46. The van der Waals surface area contributed by atoms with Crippen LogP contribution in [0.5, 0.6) is 0 Å². The zero-order chi connectivity index (χ0) is 12.8. The third kappa shape index (κ3) is 3.68. The number of nitrogens with one attached hydrogen (secondary N) is 1. The Kier molecular flexibility index (Phi) is 5.92. The lowest BCUT2D eigenvalue weighted by atomic mass is 10.3. The molecule has 4 nitrogen and oxygen atoms in total. The molecule has 1 aliphatic heterocycles. The molecule has 1 rings (SSSR count). The van der Waals surface area contributed by atoms with Crippen LogP contribution in [0.3, 0.4) is 0 Å². The van der Waals surface area contributed by atoms with E-state index >= 15 is 0 Å². The largest absolute Gasteiger partial charge is 0.326 e. The maximum absolute atomic E-state index is 11.9. The molecule has 0 aromatic rings. The molecule has 1 heterocycles. The summed E-state index contributed by atoms with van der Waals surface area (Å²) in [6, 6.07) is -0.00611. The minimum atomic E-state index is -0.00611. The van der Waals surface area contributed by atoms with Crippen molar-refractivity contribution in [2.75, 3.05) is 26.2 Å². The van der Waals surface area contributed by atoms with Crippen molar-refractivity contribution in [2.24, 2.45) is 0 Å². The second kappa shape index (κ2) is 6.97. The first kappa shape index (κ1) is 14.5. The van der Waals surface area contributed by atoms with Crippen molar-refractivity contribution in [1.82, 2.24) is 15.1 Å². The van der Waals surface area contributed by atoms with Crippen LogP contribution in [0.1, 0.15) is 40.5 Å². The van der Waals surface area contributed by atoms with Crippen molar-refractivity contribution in [3.05, 3.63) is 0 Å². The zero-order valence-corrected chi connectivity index (χ0v) is 11.7. The molecule has 4 heteroatoms. The minimum Gasteiger partial charge on any atom is -0.326 e. The van der Waals surface area contributed by atoms with Gasteiger partial charge < -0.3 is 9.80 Å². The maximum atomic E-state index is 11.9. The van der Waals surface area contributed by atoms with Gasteiger partial charge in [0, 0.05) is 6.54 Å². The summed E-state index contributed by atoms with van der Waals surface area (Å²) in [6.07, 6.45) is 2.30. The Bertz CT molecular complexity index is 241. The van der Waals surface area contributed by atoms with E-state index in [0.29, 0.717) is 0 Å². The molecule has 0 aliphatic carbocycles. The molecule has 0 bridgehead atoms. The molecule has 1 amide bonds. The van der Waals surface area contributed by atoms with Crippen LogP contribution in [-0.2, 0) is 4.79 Å². The van der Waals surface area contributed by atoms with Crippen molar-refractivity contribution in [3.63, 3.8) is 0 Å². The Morgan fingerprint density at radius 2 is 1.94 bits per heavy atom. The Hall–Kier alpha value is -0.610. The van der Waals surface area contributed by atoms with Crippen LogP contribution in [0.2, 0.25) is 0 Å². The third-order valence-corrected chi connectivity index (χ3v) is 3.63. The van der Waals surface area contributed by atoms with Gasteiger partial charge in [0.1, 0.15) is 0 Å².